The number of benzene rings is 1. The van der Waals surface area contributed by atoms with Crippen molar-refractivity contribution < 1.29 is 17.5 Å². The summed E-state index contributed by atoms with van der Waals surface area (Å²) in [5.74, 6) is 0.492. The predicted octanol–water partition coefficient (Wildman–Crippen LogP) is 3.57. The number of hydrogen-bond donors (Lipinski definition) is 0. The first-order chi connectivity index (χ1) is 14.5. The second kappa shape index (κ2) is 9.86. The van der Waals surface area contributed by atoms with Gasteiger partial charge >= 0.3 is 0 Å². The number of rotatable bonds is 9. The number of anilines is 1. The van der Waals surface area contributed by atoms with Crippen LogP contribution in [0.4, 0.5) is 10.2 Å². The van der Waals surface area contributed by atoms with E-state index in [-0.39, 0.29) is 23.8 Å². The fourth-order valence-corrected chi connectivity index (χ4v) is 4.71. The molecule has 0 saturated carbocycles. The third kappa shape index (κ3) is 5.06. The number of nitrogens with zero attached hydrogens (tertiary/aromatic N) is 3. The van der Waals surface area contributed by atoms with Crippen molar-refractivity contribution in [1.29, 1.82) is 0 Å². The molecule has 30 heavy (non-hydrogen) atoms. The Balaban J connectivity index is 1.85. The van der Waals surface area contributed by atoms with Gasteiger partial charge in [-0.25, -0.2) is 17.8 Å². The minimum atomic E-state index is -3.81. The standard InChI is InChI=1S/C22H26FN3O3S/c1-3-12-26(14-11-18-8-5-4-6-9-18)30(27,28)20-15-21(29-2)22(24-16-20)25-13-7-10-19(23)17-25/h3-6,8-10,15-16H,1,7,11-14,17H2,2H3. The van der Waals surface area contributed by atoms with Crippen molar-refractivity contribution in [2.24, 2.45) is 0 Å². The second-order valence-corrected chi connectivity index (χ2v) is 8.88. The molecule has 0 unspecified atom stereocenters. The van der Waals surface area contributed by atoms with E-state index in [1.165, 1.54) is 23.7 Å². The van der Waals surface area contributed by atoms with Crippen LogP contribution in [0, 0.1) is 0 Å². The van der Waals surface area contributed by atoms with Gasteiger partial charge in [0.05, 0.1) is 13.7 Å². The Labute approximate surface area is 177 Å². The highest BCUT2D eigenvalue weighted by atomic mass is 32.2. The lowest BCUT2D eigenvalue weighted by Crippen LogP contribution is -2.34. The fraction of sp³-hybridized carbons (Fsp3) is 0.318. The SMILES string of the molecule is C=CCN(CCc1ccccc1)S(=O)(=O)c1cnc(N2CCC=C(F)C2)c(OC)c1. The Morgan fingerprint density at radius 3 is 2.77 bits per heavy atom. The van der Waals surface area contributed by atoms with Gasteiger partial charge in [0, 0.05) is 31.9 Å². The lowest BCUT2D eigenvalue weighted by Gasteiger charge is -2.27. The van der Waals surface area contributed by atoms with Crippen LogP contribution in [-0.4, -0.2) is 51.0 Å². The van der Waals surface area contributed by atoms with Crippen molar-refractivity contribution in [3.63, 3.8) is 0 Å². The Hall–Kier alpha value is -2.71. The molecular formula is C22H26FN3O3S. The van der Waals surface area contributed by atoms with E-state index >= 15 is 0 Å². The second-order valence-electron chi connectivity index (χ2n) is 6.95. The third-order valence-corrected chi connectivity index (χ3v) is 6.73. The van der Waals surface area contributed by atoms with Crippen molar-refractivity contribution in [3.05, 3.63) is 72.7 Å². The molecule has 0 bridgehead atoms. The number of hydrogen-bond acceptors (Lipinski definition) is 5. The number of methoxy groups -OCH3 is 1. The molecule has 2 heterocycles. The maximum Gasteiger partial charge on any atom is 0.245 e. The number of pyridine rings is 1. The molecule has 0 aliphatic carbocycles. The summed E-state index contributed by atoms with van der Waals surface area (Å²) >= 11 is 0. The van der Waals surface area contributed by atoms with E-state index in [4.69, 9.17) is 4.74 Å². The van der Waals surface area contributed by atoms with Crippen LogP contribution in [0.2, 0.25) is 0 Å². The van der Waals surface area contributed by atoms with Crippen LogP contribution in [0.3, 0.4) is 0 Å². The van der Waals surface area contributed by atoms with E-state index in [9.17, 15) is 12.8 Å². The zero-order valence-corrected chi connectivity index (χ0v) is 17.8. The molecule has 8 heteroatoms. The van der Waals surface area contributed by atoms with Crippen LogP contribution in [0.5, 0.6) is 5.75 Å². The maximum atomic E-state index is 13.7. The van der Waals surface area contributed by atoms with Gasteiger partial charge in [-0.05, 0) is 24.5 Å². The molecule has 0 fully saturated rings. The monoisotopic (exact) mass is 431 g/mol. The molecular weight excluding hydrogens is 405 g/mol. The first-order valence-electron chi connectivity index (χ1n) is 9.74. The molecule has 6 nitrogen and oxygen atoms in total. The van der Waals surface area contributed by atoms with E-state index in [1.54, 1.807) is 17.1 Å². The van der Waals surface area contributed by atoms with E-state index in [1.807, 2.05) is 30.3 Å². The minimum absolute atomic E-state index is 0.0334. The Morgan fingerprint density at radius 1 is 1.33 bits per heavy atom. The average Bonchev–Trinajstić information content (AvgIpc) is 2.76. The highest BCUT2D eigenvalue weighted by molar-refractivity contribution is 7.89. The van der Waals surface area contributed by atoms with Crippen LogP contribution >= 0.6 is 0 Å². The van der Waals surface area contributed by atoms with Gasteiger partial charge in [0.2, 0.25) is 10.0 Å². The molecule has 2 aromatic rings. The summed E-state index contributed by atoms with van der Waals surface area (Å²) < 4.78 is 46.9. The van der Waals surface area contributed by atoms with Crippen molar-refractivity contribution in [2.45, 2.75) is 17.7 Å². The highest BCUT2D eigenvalue weighted by Crippen LogP contribution is 2.31. The number of halogens is 1. The molecule has 0 N–H and O–H groups in total. The lowest BCUT2D eigenvalue weighted by molar-refractivity contribution is 0.408. The van der Waals surface area contributed by atoms with Crippen LogP contribution in [0.25, 0.3) is 0 Å². The molecule has 1 aliphatic heterocycles. The third-order valence-electron chi connectivity index (χ3n) is 4.90. The lowest BCUT2D eigenvalue weighted by atomic mass is 10.1. The normalized spacial score (nSPS) is 14.5. The molecule has 0 saturated heterocycles. The quantitative estimate of drug-likeness (QED) is 0.568. The first kappa shape index (κ1) is 22.0. The zero-order chi connectivity index (χ0) is 21.6. The Bertz CT molecular complexity index is 1010. The van der Waals surface area contributed by atoms with E-state index in [2.05, 4.69) is 11.6 Å². The van der Waals surface area contributed by atoms with E-state index < -0.39 is 10.0 Å². The van der Waals surface area contributed by atoms with Crippen molar-refractivity contribution in [3.8, 4) is 5.75 Å². The minimum Gasteiger partial charge on any atom is -0.493 e. The molecule has 0 atom stereocenters. The molecule has 1 aromatic carbocycles. The molecule has 1 aromatic heterocycles. The molecule has 160 valence electrons. The summed E-state index contributed by atoms with van der Waals surface area (Å²) in [6.45, 7) is 4.86. The molecule has 3 rings (SSSR count). The van der Waals surface area contributed by atoms with Crippen molar-refractivity contribution in [1.82, 2.24) is 9.29 Å². The van der Waals surface area contributed by atoms with Gasteiger partial charge in [0.15, 0.2) is 11.6 Å². The van der Waals surface area contributed by atoms with Crippen LogP contribution in [0.1, 0.15) is 12.0 Å². The zero-order valence-electron chi connectivity index (χ0n) is 17.0. The smallest absolute Gasteiger partial charge is 0.245 e. The van der Waals surface area contributed by atoms with Gasteiger partial charge in [-0.1, -0.05) is 36.4 Å². The van der Waals surface area contributed by atoms with Gasteiger partial charge in [0.1, 0.15) is 10.7 Å². The summed E-state index contributed by atoms with van der Waals surface area (Å²) in [6, 6.07) is 11.1. The number of ether oxygens (including phenoxy) is 1. The van der Waals surface area contributed by atoms with Gasteiger partial charge in [-0.15, -0.1) is 6.58 Å². The van der Waals surface area contributed by atoms with Crippen molar-refractivity contribution in [2.75, 3.05) is 38.2 Å². The summed E-state index contributed by atoms with van der Waals surface area (Å²) in [7, 11) is -2.36. The largest absolute Gasteiger partial charge is 0.493 e. The van der Waals surface area contributed by atoms with Crippen LogP contribution < -0.4 is 9.64 Å². The van der Waals surface area contributed by atoms with Crippen molar-refractivity contribution >= 4 is 15.8 Å². The summed E-state index contributed by atoms with van der Waals surface area (Å²) in [5, 5.41) is 0. The van der Waals surface area contributed by atoms with Crippen LogP contribution in [-0.2, 0) is 16.4 Å². The van der Waals surface area contributed by atoms with E-state index in [0.717, 1.165) is 5.56 Å². The summed E-state index contributed by atoms with van der Waals surface area (Å²) in [5.41, 5.74) is 1.05. The highest BCUT2D eigenvalue weighted by Gasteiger charge is 2.27. The number of sulfonamides is 1. The van der Waals surface area contributed by atoms with Gasteiger partial charge in [-0.2, -0.15) is 4.31 Å². The maximum absolute atomic E-state index is 13.7. The molecule has 0 amide bonds. The van der Waals surface area contributed by atoms with Crippen LogP contribution in [0.15, 0.2) is 72.0 Å². The first-order valence-corrected chi connectivity index (χ1v) is 11.2. The van der Waals surface area contributed by atoms with E-state index in [0.29, 0.717) is 37.5 Å². The topological polar surface area (TPSA) is 62.7 Å². The predicted molar refractivity (Wildman–Crippen MR) is 116 cm³/mol. The average molecular weight is 432 g/mol. The Morgan fingerprint density at radius 2 is 2.10 bits per heavy atom. The summed E-state index contributed by atoms with van der Waals surface area (Å²) in [6.07, 6.45) is 5.55. The van der Waals surface area contributed by atoms with Gasteiger partial charge in [0.25, 0.3) is 0 Å². The summed E-state index contributed by atoms with van der Waals surface area (Å²) in [4.78, 5) is 6.08. The van der Waals surface area contributed by atoms with Gasteiger partial charge < -0.3 is 9.64 Å². The molecule has 0 radical (unpaired) electrons. The van der Waals surface area contributed by atoms with Gasteiger partial charge in [-0.3, -0.25) is 0 Å². The number of aromatic nitrogens is 1. The fourth-order valence-electron chi connectivity index (χ4n) is 3.33. The molecule has 1 aliphatic rings. The Kier molecular flexibility index (Phi) is 7.23. The molecule has 0 spiro atoms.